The van der Waals surface area contributed by atoms with Crippen LogP contribution in [0.15, 0.2) is 36.7 Å². The van der Waals surface area contributed by atoms with Crippen molar-refractivity contribution in [3.8, 4) is 6.07 Å². The SMILES string of the molecule is N#Cc1nccnc1NC[C@H](O)c1ccc(Cl)cc1. The summed E-state index contributed by atoms with van der Waals surface area (Å²) in [5, 5.41) is 22.4. The van der Waals surface area contributed by atoms with Gasteiger partial charge in [-0.05, 0) is 17.7 Å². The van der Waals surface area contributed by atoms with Crippen molar-refractivity contribution >= 4 is 17.4 Å². The van der Waals surface area contributed by atoms with Gasteiger partial charge in [-0.2, -0.15) is 5.26 Å². The van der Waals surface area contributed by atoms with E-state index in [-0.39, 0.29) is 12.2 Å². The summed E-state index contributed by atoms with van der Waals surface area (Å²) in [6.45, 7) is 0.231. The van der Waals surface area contributed by atoms with E-state index in [9.17, 15) is 5.11 Å². The molecule has 2 rings (SSSR count). The van der Waals surface area contributed by atoms with E-state index in [1.165, 1.54) is 12.4 Å². The average molecular weight is 275 g/mol. The lowest BCUT2D eigenvalue weighted by atomic mass is 10.1. The molecule has 2 aromatic rings. The number of benzene rings is 1. The molecule has 0 unspecified atom stereocenters. The Balaban J connectivity index is 2.02. The lowest BCUT2D eigenvalue weighted by Crippen LogP contribution is -2.14. The first-order valence-corrected chi connectivity index (χ1v) is 5.97. The zero-order valence-corrected chi connectivity index (χ0v) is 10.7. The molecule has 96 valence electrons. The summed E-state index contributed by atoms with van der Waals surface area (Å²) in [6.07, 6.45) is 2.21. The zero-order chi connectivity index (χ0) is 13.7. The molecule has 0 radical (unpaired) electrons. The van der Waals surface area contributed by atoms with Crippen LogP contribution in [0.1, 0.15) is 17.4 Å². The second kappa shape index (κ2) is 6.14. The molecule has 0 aliphatic rings. The molecule has 1 heterocycles. The fraction of sp³-hybridized carbons (Fsp3) is 0.154. The minimum Gasteiger partial charge on any atom is -0.387 e. The fourth-order valence-electron chi connectivity index (χ4n) is 1.55. The molecule has 1 aromatic heterocycles. The van der Waals surface area contributed by atoms with Crippen LogP contribution in [0.4, 0.5) is 5.82 Å². The van der Waals surface area contributed by atoms with Crippen LogP contribution < -0.4 is 5.32 Å². The van der Waals surface area contributed by atoms with Crippen molar-refractivity contribution in [1.29, 1.82) is 5.26 Å². The van der Waals surface area contributed by atoms with Gasteiger partial charge in [-0.3, -0.25) is 0 Å². The predicted molar refractivity (Wildman–Crippen MR) is 71.6 cm³/mol. The van der Waals surface area contributed by atoms with Gasteiger partial charge in [0.15, 0.2) is 11.5 Å². The van der Waals surface area contributed by atoms with Crippen molar-refractivity contribution in [1.82, 2.24) is 9.97 Å². The highest BCUT2D eigenvalue weighted by atomic mass is 35.5. The van der Waals surface area contributed by atoms with Crippen molar-refractivity contribution < 1.29 is 5.11 Å². The number of aliphatic hydroxyl groups is 1. The Kier molecular flexibility index (Phi) is 4.29. The zero-order valence-electron chi connectivity index (χ0n) is 9.92. The molecule has 0 aliphatic heterocycles. The third kappa shape index (κ3) is 3.41. The summed E-state index contributed by atoms with van der Waals surface area (Å²) in [4.78, 5) is 7.88. The molecule has 1 aromatic carbocycles. The number of nitriles is 1. The molecule has 0 bridgehead atoms. The van der Waals surface area contributed by atoms with Gasteiger partial charge in [0.2, 0.25) is 0 Å². The molecule has 2 N–H and O–H groups in total. The molecule has 0 spiro atoms. The number of halogens is 1. The van der Waals surface area contributed by atoms with E-state index in [4.69, 9.17) is 16.9 Å². The van der Waals surface area contributed by atoms with Crippen molar-refractivity contribution in [3.05, 3.63) is 52.9 Å². The Hall–Kier alpha value is -2.16. The molecule has 19 heavy (non-hydrogen) atoms. The quantitative estimate of drug-likeness (QED) is 0.893. The highest BCUT2D eigenvalue weighted by Crippen LogP contribution is 2.17. The van der Waals surface area contributed by atoms with E-state index in [1.54, 1.807) is 24.3 Å². The smallest absolute Gasteiger partial charge is 0.182 e. The van der Waals surface area contributed by atoms with Crippen molar-refractivity contribution in [2.45, 2.75) is 6.10 Å². The third-order valence-corrected chi connectivity index (χ3v) is 2.77. The number of anilines is 1. The summed E-state index contributed by atoms with van der Waals surface area (Å²) >= 11 is 5.78. The molecule has 1 atom stereocenters. The van der Waals surface area contributed by atoms with E-state index in [2.05, 4.69) is 15.3 Å². The fourth-order valence-corrected chi connectivity index (χ4v) is 1.67. The summed E-state index contributed by atoms with van der Waals surface area (Å²) in [7, 11) is 0. The molecule has 0 saturated heterocycles. The van der Waals surface area contributed by atoms with Crippen molar-refractivity contribution in [2.24, 2.45) is 0 Å². The number of hydrogen-bond donors (Lipinski definition) is 2. The molecule has 0 saturated carbocycles. The first-order valence-electron chi connectivity index (χ1n) is 5.59. The van der Waals surface area contributed by atoms with E-state index < -0.39 is 6.10 Å². The van der Waals surface area contributed by atoms with Crippen LogP contribution in [-0.4, -0.2) is 21.6 Å². The molecule has 5 nitrogen and oxygen atoms in total. The lowest BCUT2D eigenvalue weighted by molar-refractivity contribution is 0.191. The van der Waals surface area contributed by atoms with Gasteiger partial charge >= 0.3 is 0 Å². The van der Waals surface area contributed by atoms with Crippen molar-refractivity contribution in [2.75, 3.05) is 11.9 Å². The minimum atomic E-state index is -0.717. The number of nitrogens with one attached hydrogen (secondary N) is 1. The van der Waals surface area contributed by atoms with Gasteiger partial charge in [0.1, 0.15) is 6.07 Å². The van der Waals surface area contributed by atoms with Gasteiger partial charge in [0, 0.05) is 24.0 Å². The minimum absolute atomic E-state index is 0.200. The number of nitrogens with zero attached hydrogens (tertiary/aromatic N) is 3. The summed E-state index contributed by atoms with van der Waals surface area (Å²) in [5.41, 5.74) is 0.935. The van der Waals surface area contributed by atoms with Crippen molar-refractivity contribution in [3.63, 3.8) is 0 Å². The van der Waals surface area contributed by atoms with Crippen LogP contribution in [0, 0.1) is 11.3 Å². The number of hydrogen-bond acceptors (Lipinski definition) is 5. The van der Waals surface area contributed by atoms with E-state index >= 15 is 0 Å². The van der Waals surface area contributed by atoms with Gasteiger partial charge < -0.3 is 10.4 Å². The first kappa shape index (κ1) is 13.3. The van der Waals surface area contributed by atoms with Crippen LogP contribution in [0.2, 0.25) is 5.02 Å². The van der Waals surface area contributed by atoms with E-state index in [1.807, 2.05) is 6.07 Å². The molecule has 0 fully saturated rings. The second-order valence-corrected chi connectivity index (χ2v) is 4.25. The monoisotopic (exact) mass is 274 g/mol. The normalized spacial score (nSPS) is 11.6. The van der Waals surface area contributed by atoms with E-state index in [0.717, 1.165) is 5.56 Å². The van der Waals surface area contributed by atoms with Gasteiger partial charge in [-0.1, -0.05) is 23.7 Å². The Morgan fingerprint density at radius 1 is 1.26 bits per heavy atom. The summed E-state index contributed by atoms with van der Waals surface area (Å²) < 4.78 is 0. The largest absolute Gasteiger partial charge is 0.387 e. The van der Waals surface area contributed by atoms with E-state index in [0.29, 0.717) is 10.8 Å². The highest BCUT2D eigenvalue weighted by Gasteiger charge is 2.09. The lowest BCUT2D eigenvalue weighted by Gasteiger charge is -2.13. The highest BCUT2D eigenvalue weighted by molar-refractivity contribution is 6.30. The maximum atomic E-state index is 10.00. The second-order valence-electron chi connectivity index (χ2n) is 3.81. The number of aliphatic hydroxyl groups excluding tert-OH is 1. The first-order chi connectivity index (χ1) is 9.20. The van der Waals surface area contributed by atoms with Gasteiger partial charge in [-0.25, -0.2) is 9.97 Å². The summed E-state index contributed by atoms with van der Waals surface area (Å²) in [6, 6.07) is 8.85. The number of aromatic nitrogens is 2. The topological polar surface area (TPSA) is 81.8 Å². The Morgan fingerprint density at radius 2 is 1.95 bits per heavy atom. The van der Waals surface area contributed by atoms with Gasteiger partial charge in [0.05, 0.1) is 6.10 Å². The number of rotatable bonds is 4. The van der Waals surface area contributed by atoms with Crippen LogP contribution in [0.25, 0.3) is 0 Å². The van der Waals surface area contributed by atoms with Crippen LogP contribution in [-0.2, 0) is 0 Å². The maximum absolute atomic E-state index is 10.00. The molecule has 0 amide bonds. The Labute approximate surface area is 115 Å². The molecule has 6 heteroatoms. The molecular weight excluding hydrogens is 264 g/mol. The van der Waals surface area contributed by atoms with Crippen LogP contribution >= 0.6 is 11.6 Å². The van der Waals surface area contributed by atoms with Gasteiger partial charge in [-0.15, -0.1) is 0 Å². The average Bonchev–Trinajstić information content (AvgIpc) is 2.45. The Bertz CT molecular complexity index is 594. The Morgan fingerprint density at radius 3 is 2.63 bits per heavy atom. The third-order valence-electron chi connectivity index (χ3n) is 2.52. The predicted octanol–water partition coefficient (Wildman–Crippen LogP) is 2.15. The van der Waals surface area contributed by atoms with Crippen LogP contribution in [0.5, 0.6) is 0 Å². The van der Waals surface area contributed by atoms with Gasteiger partial charge in [0.25, 0.3) is 0 Å². The maximum Gasteiger partial charge on any atom is 0.182 e. The summed E-state index contributed by atoms with van der Waals surface area (Å²) in [5.74, 6) is 0.359. The molecular formula is C13H11ClN4O. The molecule has 0 aliphatic carbocycles. The van der Waals surface area contributed by atoms with Crippen LogP contribution in [0.3, 0.4) is 0 Å². The standard InChI is InChI=1S/C13H11ClN4O/c14-10-3-1-9(2-4-10)12(19)8-18-13-11(7-15)16-5-6-17-13/h1-6,12,19H,8H2,(H,17,18)/t12-/m0/s1.